The minimum absolute atomic E-state index is 0.0233. The van der Waals surface area contributed by atoms with E-state index in [4.69, 9.17) is 0 Å². The van der Waals surface area contributed by atoms with Gasteiger partial charge in [-0.05, 0) is 121 Å². The Balaban J connectivity index is 1.57. The first-order valence-electron chi connectivity index (χ1n) is 13.1. The lowest BCUT2D eigenvalue weighted by Crippen LogP contribution is -2.61. The normalized spacial score (nSPS) is 50.5. The van der Waals surface area contributed by atoms with Gasteiger partial charge in [0.05, 0.1) is 12.2 Å². The molecule has 5 unspecified atom stereocenters. The van der Waals surface area contributed by atoms with E-state index in [9.17, 15) is 10.2 Å². The number of rotatable bonds is 2. The van der Waals surface area contributed by atoms with Crippen molar-refractivity contribution in [2.75, 3.05) is 0 Å². The summed E-state index contributed by atoms with van der Waals surface area (Å²) in [5, 5.41) is 29.9. The molecule has 4 nitrogen and oxygen atoms in total. The molecule has 0 amide bonds. The van der Waals surface area contributed by atoms with Crippen LogP contribution in [-0.4, -0.2) is 45.6 Å². The van der Waals surface area contributed by atoms with Crippen LogP contribution in [0.2, 0.25) is 0 Å². The Morgan fingerprint density at radius 3 is 1.97 bits per heavy atom. The maximum Gasteiger partial charge on any atom is 0.0749 e. The van der Waals surface area contributed by atoms with Gasteiger partial charge in [-0.1, -0.05) is 13.8 Å². The van der Waals surface area contributed by atoms with E-state index in [0.717, 1.165) is 31.6 Å². The van der Waals surface area contributed by atoms with E-state index in [1.54, 1.807) is 0 Å². The zero-order chi connectivity index (χ0) is 23.0. The second kappa shape index (κ2) is 7.68. The lowest BCUT2D eigenvalue weighted by atomic mass is 9.44. The number of hydrogen-bond acceptors (Lipinski definition) is 4. The Morgan fingerprint density at radius 2 is 1.35 bits per heavy atom. The fourth-order valence-electron chi connectivity index (χ4n) is 8.72. The van der Waals surface area contributed by atoms with Crippen molar-refractivity contribution in [1.82, 2.24) is 10.6 Å². The maximum atomic E-state index is 11.4. The van der Waals surface area contributed by atoms with Crippen molar-refractivity contribution >= 4 is 0 Å². The van der Waals surface area contributed by atoms with Crippen LogP contribution >= 0.6 is 0 Å². The first kappa shape index (κ1) is 24.0. The first-order chi connectivity index (χ1) is 14.1. The standard InChI is InChI=1S/C27H50N2O2/c1-24(2,3)28-20-14-19-17-10-9-16-13-22(30)21(29-25(4,5)6)15-27(16,8)18(17)11-12-26(19,7)23(20)31/h16-23,28-31H,9-15H2,1-8H3/t16?,17-,18-,19+,20?,21?,22?,23?,26+,27+/m1/s1. The summed E-state index contributed by atoms with van der Waals surface area (Å²) < 4.78 is 0. The summed E-state index contributed by atoms with van der Waals surface area (Å²) in [6, 6.07) is 0.403. The quantitative estimate of drug-likeness (QED) is 0.517. The Bertz CT molecular complexity index is 667. The van der Waals surface area contributed by atoms with Crippen LogP contribution in [0, 0.1) is 34.5 Å². The summed E-state index contributed by atoms with van der Waals surface area (Å²) in [6.45, 7) is 18.2. The molecule has 0 aliphatic heterocycles. The highest BCUT2D eigenvalue weighted by Gasteiger charge is 2.63. The number of fused-ring (bicyclic) bond motifs is 5. The molecule has 4 fully saturated rings. The number of nitrogens with one attached hydrogen (secondary N) is 2. The molecule has 10 atom stereocenters. The molecule has 4 saturated carbocycles. The van der Waals surface area contributed by atoms with Gasteiger partial charge in [-0.25, -0.2) is 0 Å². The van der Waals surface area contributed by atoms with Crippen molar-refractivity contribution in [1.29, 1.82) is 0 Å². The van der Waals surface area contributed by atoms with Crippen LogP contribution in [0.3, 0.4) is 0 Å². The van der Waals surface area contributed by atoms with Crippen LogP contribution < -0.4 is 10.6 Å². The molecule has 0 spiro atoms. The van der Waals surface area contributed by atoms with Crippen molar-refractivity contribution in [2.45, 2.75) is 136 Å². The topological polar surface area (TPSA) is 64.5 Å². The van der Waals surface area contributed by atoms with Crippen LogP contribution in [0.25, 0.3) is 0 Å². The van der Waals surface area contributed by atoms with Gasteiger partial charge in [0.1, 0.15) is 0 Å². The van der Waals surface area contributed by atoms with Gasteiger partial charge in [0.25, 0.3) is 0 Å². The molecule has 31 heavy (non-hydrogen) atoms. The molecule has 4 heteroatoms. The van der Waals surface area contributed by atoms with Crippen LogP contribution in [0.15, 0.2) is 0 Å². The van der Waals surface area contributed by atoms with Gasteiger partial charge >= 0.3 is 0 Å². The third-order valence-corrected chi connectivity index (χ3v) is 9.95. The average Bonchev–Trinajstić information content (AvgIpc) is 2.85. The smallest absolute Gasteiger partial charge is 0.0749 e. The number of aliphatic hydroxyl groups is 2. The fourth-order valence-corrected chi connectivity index (χ4v) is 8.72. The Morgan fingerprint density at radius 1 is 0.742 bits per heavy atom. The zero-order valence-electron chi connectivity index (χ0n) is 21.5. The van der Waals surface area contributed by atoms with Gasteiger partial charge in [0, 0.05) is 23.2 Å². The van der Waals surface area contributed by atoms with Crippen LogP contribution in [0.1, 0.15) is 100 Å². The first-order valence-corrected chi connectivity index (χ1v) is 13.1. The van der Waals surface area contributed by atoms with Crippen molar-refractivity contribution < 1.29 is 10.2 Å². The van der Waals surface area contributed by atoms with Gasteiger partial charge in [0.2, 0.25) is 0 Å². The molecule has 0 radical (unpaired) electrons. The molecule has 180 valence electrons. The summed E-state index contributed by atoms with van der Waals surface area (Å²) in [5.41, 5.74) is 0.400. The lowest BCUT2D eigenvalue weighted by Gasteiger charge is -2.62. The summed E-state index contributed by atoms with van der Waals surface area (Å²) in [7, 11) is 0. The molecular weight excluding hydrogens is 384 g/mol. The highest BCUT2D eigenvalue weighted by molar-refractivity contribution is 5.14. The Kier molecular flexibility index (Phi) is 5.94. The van der Waals surface area contributed by atoms with Gasteiger partial charge in [0.15, 0.2) is 0 Å². The summed E-state index contributed by atoms with van der Waals surface area (Å²) in [6.07, 6.45) is 7.60. The predicted molar refractivity (Wildman–Crippen MR) is 128 cm³/mol. The molecule has 0 saturated heterocycles. The third-order valence-electron chi connectivity index (χ3n) is 9.95. The van der Waals surface area contributed by atoms with Crippen LogP contribution in [0.5, 0.6) is 0 Å². The van der Waals surface area contributed by atoms with E-state index in [1.807, 2.05) is 0 Å². The van der Waals surface area contributed by atoms with E-state index < -0.39 is 0 Å². The highest BCUT2D eigenvalue weighted by atomic mass is 16.3. The Labute approximate surface area is 191 Å². The molecule has 4 aliphatic carbocycles. The molecule has 0 aromatic carbocycles. The third kappa shape index (κ3) is 4.24. The van der Waals surface area contributed by atoms with E-state index in [1.165, 1.54) is 19.3 Å². The number of hydrogen-bond donors (Lipinski definition) is 4. The zero-order valence-corrected chi connectivity index (χ0v) is 21.5. The molecule has 4 aliphatic rings. The molecule has 0 aromatic rings. The average molecular weight is 435 g/mol. The second-order valence-corrected chi connectivity index (χ2v) is 14.4. The van der Waals surface area contributed by atoms with Crippen molar-refractivity contribution in [3.05, 3.63) is 0 Å². The minimum Gasteiger partial charge on any atom is -0.391 e. The van der Waals surface area contributed by atoms with E-state index >= 15 is 0 Å². The summed E-state index contributed by atoms with van der Waals surface area (Å²) in [4.78, 5) is 0. The summed E-state index contributed by atoms with van der Waals surface area (Å²) in [5.74, 6) is 2.69. The molecular formula is C27H50N2O2. The molecule has 0 heterocycles. The second-order valence-electron chi connectivity index (χ2n) is 14.4. The van der Waals surface area contributed by atoms with E-state index in [-0.39, 0.29) is 40.8 Å². The van der Waals surface area contributed by atoms with Gasteiger partial charge in [-0.3, -0.25) is 0 Å². The van der Waals surface area contributed by atoms with Gasteiger partial charge in [-0.2, -0.15) is 0 Å². The monoisotopic (exact) mass is 434 g/mol. The highest BCUT2D eigenvalue weighted by Crippen LogP contribution is 2.66. The van der Waals surface area contributed by atoms with Crippen molar-refractivity contribution in [3.63, 3.8) is 0 Å². The van der Waals surface area contributed by atoms with Crippen molar-refractivity contribution in [2.24, 2.45) is 34.5 Å². The van der Waals surface area contributed by atoms with Crippen molar-refractivity contribution in [3.8, 4) is 0 Å². The van der Waals surface area contributed by atoms with Gasteiger partial charge in [-0.15, -0.1) is 0 Å². The number of aliphatic hydroxyl groups excluding tert-OH is 2. The lowest BCUT2D eigenvalue weighted by molar-refractivity contribution is -0.142. The predicted octanol–water partition coefficient (Wildman–Crippen LogP) is 4.48. The molecule has 4 rings (SSSR count). The van der Waals surface area contributed by atoms with Gasteiger partial charge < -0.3 is 20.8 Å². The van der Waals surface area contributed by atoms with Crippen LogP contribution in [-0.2, 0) is 0 Å². The minimum atomic E-state index is -0.244. The van der Waals surface area contributed by atoms with E-state index in [0.29, 0.717) is 23.2 Å². The Hall–Kier alpha value is -0.160. The fraction of sp³-hybridized carbons (Fsp3) is 1.00. The SMILES string of the molecule is CC(C)(C)NC1C[C@@]2(C)C(CC[C@@H]3[C@H]2CC[C@]2(C)C(O)C(NC(C)(C)C)C[C@@H]32)CC1O. The largest absolute Gasteiger partial charge is 0.391 e. The molecule has 0 bridgehead atoms. The van der Waals surface area contributed by atoms with Crippen LogP contribution in [0.4, 0.5) is 0 Å². The maximum absolute atomic E-state index is 11.4. The molecule has 4 N–H and O–H groups in total. The molecule has 0 aromatic heterocycles. The van der Waals surface area contributed by atoms with E-state index in [2.05, 4.69) is 66.0 Å². The summed E-state index contributed by atoms with van der Waals surface area (Å²) >= 11 is 0.